The van der Waals surface area contributed by atoms with Gasteiger partial charge in [0, 0.05) is 12.1 Å². The molecule has 0 amide bonds. The van der Waals surface area contributed by atoms with Crippen molar-refractivity contribution in [1.29, 1.82) is 0 Å². The van der Waals surface area contributed by atoms with Gasteiger partial charge in [0.15, 0.2) is 0 Å². The number of nitrogens with one attached hydrogen (secondary N) is 1. The fourth-order valence-electron chi connectivity index (χ4n) is 3.19. The van der Waals surface area contributed by atoms with Crippen molar-refractivity contribution in [3.05, 3.63) is 35.4 Å². The first-order valence-corrected chi connectivity index (χ1v) is 7.56. The monoisotopic (exact) mass is 260 g/mol. The Morgan fingerprint density at radius 3 is 2.37 bits per heavy atom. The van der Waals surface area contributed by atoms with Gasteiger partial charge in [-0.05, 0) is 56.9 Å². The van der Waals surface area contributed by atoms with Crippen LogP contribution in [-0.2, 0) is 6.42 Å². The van der Waals surface area contributed by atoms with E-state index in [0.717, 1.165) is 5.92 Å². The van der Waals surface area contributed by atoms with Crippen molar-refractivity contribution >= 4 is 0 Å². The van der Waals surface area contributed by atoms with E-state index in [2.05, 4.69) is 62.4 Å². The Morgan fingerprint density at radius 1 is 1.21 bits per heavy atom. The molecule has 0 aromatic heterocycles. The zero-order valence-corrected chi connectivity index (χ0v) is 12.8. The van der Waals surface area contributed by atoms with Gasteiger partial charge in [-0.25, -0.2) is 0 Å². The smallest absolute Gasteiger partial charge is 0.0495 e. The molecule has 106 valence electrons. The Bertz CT molecular complexity index is 375. The minimum atomic E-state index is 0.496. The van der Waals surface area contributed by atoms with Crippen LogP contribution in [0.2, 0.25) is 0 Å². The maximum atomic E-state index is 3.64. The van der Waals surface area contributed by atoms with Crippen LogP contribution in [0.25, 0.3) is 0 Å². The molecule has 0 aliphatic carbocycles. The summed E-state index contributed by atoms with van der Waals surface area (Å²) in [5.74, 6) is 0.729. The molecule has 0 saturated carbocycles. The maximum Gasteiger partial charge on any atom is 0.0495 e. The van der Waals surface area contributed by atoms with Crippen LogP contribution < -0.4 is 5.32 Å². The first-order valence-electron chi connectivity index (χ1n) is 7.56. The van der Waals surface area contributed by atoms with Gasteiger partial charge >= 0.3 is 0 Å². The normalized spacial score (nSPS) is 21.3. The molecule has 1 fully saturated rings. The van der Waals surface area contributed by atoms with Crippen LogP contribution in [0.3, 0.4) is 0 Å². The summed E-state index contributed by atoms with van der Waals surface area (Å²) >= 11 is 0. The molecule has 0 spiro atoms. The van der Waals surface area contributed by atoms with E-state index in [1.54, 1.807) is 0 Å². The third kappa shape index (κ3) is 3.80. The summed E-state index contributed by atoms with van der Waals surface area (Å²) in [6, 6.07) is 10.4. The predicted molar refractivity (Wildman–Crippen MR) is 82.4 cm³/mol. The topological polar surface area (TPSA) is 15.3 Å². The Kier molecular flexibility index (Phi) is 5.00. The van der Waals surface area contributed by atoms with Gasteiger partial charge in [-0.15, -0.1) is 0 Å². The van der Waals surface area contributed by atoms with E-state index in [4.69, 9.17) is 0 Å². The second kappa shape index (κ2) is 6.53. The highest BCUT2D eigenvalue weighted by Gasteiger charge is 2.27. The number of hydrogen-bond donors (Lipinski definition) is 1. The second-order valence-corrected chi connectivity index (χ2v) is 6.45. The summed E-state index contributed by atoms with van der Waals surface area (Å²) in [6.45, 7) is 5.72. The standard InChI is InChI=1S/C17H28N2/c1-13(2)12-14-7-9-15(10-8-14)17(19(3)4)16-6-5-11-18-16/h7-10,13,16-18H,5-6,11-12H2,1-4H3. The molecule has 2 rings (SSSR count). The van der Waals surface area contributed by atoms with Crippen LogP contribution in [0.15, 0.2) is 24.3 Å². The van der Waals surface area contributed by atoms with Gasteiger partial charge in [0.25, 0.3) is 0 Å². The van der Waals surface area contributed by atoms with E-state index in [9.17, 15) is 0 Å². The Labute approximate surface area is 118 Å². The van der Waals surface area contributed by atoms with Crippen LogP contribution in [-0.4, -0.2) is 31.6 Å². The summed E-state index contributed by atoms with van der Waals surface area (Å²) in [6.07, 6.45) is 3.77. The minimum absolute atomic E-state index is 0.496. The lowest BCUT2D eigenvalue weighted by molar-refractivity contribution is 0.244. The summed E-state index contributed by atoms with van der Waals surface area (Å²) in [4.78, 5) is 2.35. The van der Waals surface area contributed by atoms with E-state index in [1.165, 1.54) is 36.9 Å². The van der Waals surface area contributed by atoms with E-state index in [1.807, 2.05) is 0 Å². The summed E-state index contributed by atoms with van der Waals surface area (Å²) in [7, 11) is 4.37. The van der Waals surface area contributed by atoms with Crippen LogP contribution >= 0.6 is 0 Å². The molecule has 2 heteroatoms. The second-order valence-electron chi connectivity index (χ2n) is 6.45. The SMILES string of the molecule is CC(C)Cc1ccc(C(C2CCCN2)N(C)C)cc1. The molecule has 1 saturated heterocycles. The van der Waals surface area contributed by atoms with E-state index in [-0.39, 0.29) is 0 Å². The molecule has 1 aliphatic heterocycles. The van der Waals surface area contributed by atoms with Crippen molar-refractivity contribution in [2.24, 2.45) is 5.92 Å². The highest BCUT2D eigenvalue weighted by Crippen LogP contribution is 2.27. The molecule has 1 N–H and O–H groups in total. The Morgan fingerprint density at radius 2 is 1.89 bits per heavy atom. The third-order valence-electron chi connectivity index (χ3n) is 4.00. The van der Waals surface area contributed by atoms with Crippen molar-refractivity contribution in [1.82, 2.24) is 10.2 Å². The van der Waals surface area contributed by atoms with E-state index in [0.29, 0.717) is 12.1 Å². The van der Waals surface area contributed by atoms with Crippen molar-refractivity contribution < 1.29 is 0 Å². The van der Waals surface area contributed by atoms with Gasteiger partial charge in [0.05, 0.1) is 0 Å². The summed E-state index contributed by atoms with van der Waals surface area (Å²) < 4.78 is 0. The van der Waals surface area contributed by atoms with Gasteiger partial charge in [-0.3, -0.25) is 0 Å². The zero-order valence-electron chi connectivity index (χ0n) is 12.8. The van der Waals surface area contributed by atoms with Crippen LogP contribution in [0, 0.1) is 5.92 Å². The molecule has 0 radical (unpaired) electrons. The molecule has 1 aromatic carbocycles. The Balaban J connectivity index is 2.13. The zero-order chi connectivity index (χ0) is 13.8. The average molecular weight is 260 g/mol. The molecule has 1 aliphatic rings. The van der Waals surface area contributed by atoms with Crippen molar-refractivity contribution in [3.63, 3.8) is 0 Å². The number of rotatable bonds is 5. The molecule has 19 heavy (non-hydrogen) atoms. The third-order valence-corrected chi connectivity index (χ3v) is 4.00. The van der Waals surface area contributed by atoms with Gasteiger partial charge in [-0.2, -0.15) is 0 Å². The average Bonchev–Trinajstić information content (AvgIpc) is 2.84. The quantitative estimate of drug-likeness (QED) is 0.874. The molecular weight excluding hydrogens is 232 g/mol. The maximum absolute atomic E-state index is 3.64. The lowest BCUT2D eigenvalue weighted by Gasteiger charge is -2.30. The molecule has 1 aromatic rings. The lowest BCUT2D eigenvalue weighted by atomic mass is 9.94. The fraction of sp³-hybridized carbons (Fsp3) is 0.647. The van der Waals surface area contributed by atoms with E-state index >= 15 is 0 Å². The number of benzene rings is 1. The van der Waals surface area contributed by atoms with E-state index < -0.39 is 0 Å². The van der Waals surface area contributed by atoms with Crippen molar-refractivity contribution in [2.45, 2.75) is 45.2 Å². The number of likely N-dealkylation sites (N-methyl/N-ethyl adjacent to an activating group) is 1. The molecule has 2 nitrogen and oxygen atoms in total. The number of nitrogens with zero attached hydrogens (tertiary/aromatic N) is 1. The summed E-state index contributed by atoms with van der Waals surface area (Å²) in [5, 5.41) is 3.64. The number of hydrogen-bond acceptors (Lipinski definition) is 2. The lowest BCUT2D eigenvalue weighted by Crippen LogP contribution is -2.37. The van der Waals surface area contributed by atoms with Crippen LogP contribution in [0.1, 0.15) is 43.9 Å². The van der Waals surface area contributed by atoms with Gasteiger partial charge in [0.1, 0.15) is 0 Å². The highest BCUT2D eigenvalue weighted by atomic mass is 15.1. The molecule has 1 heterocycles. The van der Waals surface area contributed by atoms with Gasteiger partial charge < -0.3 is 10.2 Å². The molecule has 2 unspecified atom stereocenters. The molecular formula is C17H28N2. The molecule has 2 atom stereocenters. The minimum Gasteiger partial charge on any atom is -0.312 e. The van der Waals surface area contributed by atoms with Crippen LogP contribution in [0.5, 0.6) is 0 Å². The first-order chi connectivity index (χ1) is 9.08. The van der Waals surface area contributed by atoms with Crippen molar-refractivity contribution in [2.75, 3.05) is 20.6 Å². The van der Waals surface area contributed by atoms with Crippen LogP contribution in [0.4, 0.5) is 0 Å². The fourth-order valence-corrected chi connectivity index (χ4v) is 3.19. The van der Waals surface area contributed by atoms with Gasteiger partial charge in [-0.1, -0.05) is 38.1 Å². The van der Waals surface area contributed by atoms with Gasteiger partial charge in [0.2, 0.25) is 0 Å². The largest absolute Gasteiger partial charge is 0.312 e. The van der Waals surface area contributed by atoms with Crippen molar-refractivity contribution in [3.8, 4) is 0 Å². The highest BCUT2D eigenvalue weighted by molar-refractivity contribution is 5.26. The molecule has 0 bridgehead atoms. The summed E-state index contributed by atoms with van der Waals surface area (Å²) in [5.41, 5.74) is 2.90. The predicted octanol–water partition coefficient (Wildman–Crippen LogP) is 3.24. The first kappa shape index (κ1) is 14.5. The Hall–Kier alpha value is -0.860.